The van der Waals surface area contributed by atoms with Crippen LogP contribution in [0.25, 0.3) is 22.0 Å². The van der Waals surface area contributed by atoms with Crippen LogP contribution in [0.2, 0.25) is 0 Å². The highest BCUT2D eigenvalue weighted by Crippen LogP contribution is 2.36. The van der Waals surface area contributed by atoms with E-state index >= 15 is 0 Å². The number of hydrogen-bond acceptors (Lipinski definition) is 8. The molecule has 0 spiro atoms. The van der Waals surface area contributed by atoms with Gasteiger partial charge in [0.05, 0.1) is 17.1 Å². The van der Waals surface area contributed by atoms with E-state index in [9.17, 15) is 0 Å². The summed E-state index contributed by atoms with van der Waals surface area (Å²) in [6.07, 6.45) is 5.14. The van der Waals surface area contributed by atoms with Crippen LogP contribution in [0.3, 0.4) is 0 Å². The molecule has 4 heterocycles. The SMILES string of the molecule is CNc1cc(-c2cccnc2Nc2c(C)ccc3c(Nc4cc(C(C)(C)C)nn4C)nccc23)ncn1. The summed E-state index contributed by atoms with van der Waals surface area (Å²) in [5, 5.41) is 16.9. The van der Waals surface area contributed by atoms with E-state index in [-0.39, 0.29) is 5.41 Å². The van der Waals surface area contributed by atoms with Gasteiger partial charge in [-0.2, -0.15) is 5.10 Å². The molecule has 9 heteroatoms. The maximum Gasteiger partial charge on any atom is 0.139 e. The molecule has 3 N–H and O–H groups in total. The topological polar surface area (TPSA) is 105 Å². The van der Waals surface area contributed by atoms with E-state index in [0.29, 0.717) is 5.82 Å². The van der Waals surface area contributed by atoms with Gasteiger partial charge in [-0.05, 0) is 30.7 Å². The first-order valence-electron chi connectivity index (χ1n) is 12.2. The second-order valence-electron chi connectivity index (χ2n) is 9.99. The molecular weight excluding hydrogens is 462 g/mol. The lowest BCUT2D eigenvalue weighted by atomic mass is 9.92. The van der Waals surface area contributed by atoms with Gasteiger partial charge in [0.1, 0.15) is 29.6 Å². The monoisotopic (exact) mass is 493 g/mol. The Morgan fingerprint density at radius 3 is 2.41 bits per heavy atom. The Balaban J connectivity index is 1.55. The number of benzene rings is 1. The molecule has 9 nitrogen and oxygen atoms in total. The predicted octanol–water partition coefficient (Wildman–Crippen LogP) is 5.96. The van der Waals surface area contributed by atoms with Crippen molar-refractivity contribution in [2.24, 2.45) is 7.05 Å². The van der Waals surface area contributed by atoms with Gasteiger partial charge in [-0.25, -0.2) is 19.9 Å². The van der Waals surface area contributed by atoms with Crippen LogP contribution in [0, 0.1) is 6.92 Å². The molecule has 0 aliphatic rings. The lowest BCUT2D eigenvalue weighted by molar-refractivity contribution is 0.553. The second kappa shape index (κ2) is 9.50. The van der Waals surface area contributed by atoms with Crippen molar-refractivity contribution >= 4 is 39.7 Å². The van der Waals surface area contributed by atoms with Crippen molar-refractivity contribution in [3.63, 3.8) is 0 Å². The Kier molecular flexibility index (Phi) is 6.20. The minimum atomic E-state index is -0.0455. The largest absolute Gasteiger partial charge is 0.373 e. The first-order chi connectivity index (χ1) is 17.7. The third-order valence-corrected chi connectivity index (χ3v) is 6.30. The molecule has 0 saturated heterocycles. The first kappa shape index (κ1) is 24.2. The fourth-order valence-electron chi connectivity index (χ4n) is 4.17. The van der Waals surface area contributed by atoms with E-state index in [1.165, 1.54) is 0 Å². The molecular formula is C28H31N9. The highest BCUT2D eigenvalue weighted by molar-refractivity contribution is 6.03. The van der Waals surface area contributed by atoms with Crippen molar-refractivity contribution in [3.8, 4) is 11.3 Å². The van der Waals surface area contributed by atoms with E-state index in [4.69, 9.17) is 0 Å². The molecule has 0 amide bonds. The number of nitrogens with one attached hydrogen (secondary N) is 3. The van der Waals surface area contributed by atoms with Crippen molar-refractivity contribution in [2.75, 3.05) is 23.0 Å². The number of aryl methyl sites for hydroxylation is 2. The van der Waals surface area contributed by atoms with Crippen LogP contribution in [0.5, 0.6) is 0 Å². The Labute approximate surface area is 216 Å². The summed E-state index contributed by atoms with van der Waals surface area (Å²) in [6, 6.07) is 14.1. The van der Waals surface area contributed by atoms with Crippen LogP contribution < -0.4 is 16.0 Å². The lowest BCUT2D eigenvalue weighted by Gasteiger charge is -2.17. The summed E-state index contributed by atoms with van der Waals surface area (Å²) in [5.41, 5.74) is 4.69. The minimum absolute atomic E-state index is 0.0455. The van der Waals surface area contributed by atoms with Gasteiger partial charge in [0.2, 0.25) is 0 Å². The van der Waals surface area contributed by atoms with Crippen LogP contribution in [-0.4, -0.2) is 36.8 Å². The predicted molar refractivity (Wildman–Crippen MR) is 150 cm³/mol. The van der Waals surface area contributed by atoms with Crippen molar-refractivity contribution in [1.29, 1.82) is 0 Å². The number of pyridine rings is 2. The number of fused-ring (bicyclic) bond motifs is 1. The highest BCUT2D eigenvalue weighted by Gasteiger charge is 2.20. The van der Waals surface area contributed by atoms with Gasteiger partial charge in [0.25, 0.3) is 0 Å². The van der Waals surface area contributed by atoms with Gasteiger partial charge in [0.15, 0.2) is 0 Å². The van der Waals surface area contributed by atoms with Crippen LogP contribution in [-0.2, 0) is 12.5 Å². The highest BCUT2D eigenvalue weighted by atomic mass is 15.3. The molecule has 4 aromatic heterocycles. The summed E-state index contributed by atoms with van der Waals surface area (Å²) in [4.78, 5) is 18.0. The van der Waals surface area contributed by atoms with Crippen molar-refractivity contribution in [1.82, 2.24) is 29.7 Å². The van der Waals surface area contributed by atoms with E-state index in [2.05, 4.69) is 86.9 Å². The molecule has 5 aromatic rings. The van der Waals surface area contributed by atoms with Gasteiger partial charge >= 0.3 is 0 Å². The van der Waals surface area contributed by atoms with Crippen molar-refractivity contribution in [2.45, 2.75) is 33.1 Å². The molecule has 37 heavy (non-hydrogen) atoms. The van der Waals surface area contributed by atoms with Gasteiger partial charge in [0, 0.05) is 60.4 Å². The number of aromatic nitrogens is 6. The average Bonchev–Trinajstić information content (AvgIpc) is 3.27. The fraction of sp³-hybridized carbons (Fsp3) is 0.250. The summed E-state index contributed by atoms with van der Waals surface area (Å²) in [6.45, 7) is 8.55. The molecule has 5 rings (SSSR count). The molecule has 0 radical (unpaired) electrons. The smallest absolute Gasteiger partial charge is 0.139 e. The molecule has 0 fully saturated rings. The molecule has 188 valence electrons. The van der Waals surface area contributed by atoms with E-state index in [0.717, 1.165) is 56.4 Å². The quantitative estimate of drug-likeness (QED) is 0.266. The maximum atomic E-state index is 4.69. The third-order valence-electron chi connectivity index (χ3n) is 6.30. The maximum absolute atomic E-state index is 4.69. The summed E-state index contributed by atoms with van der Waals surface area (Å²) >= 11 is 0. The molecule has 0 atom stereocenters. The Morgan fingerprint density at radius 1 is 0.838 bits per heavy atom. The van der Waals surface area contributed by atoms with Crippen LogP contribution in [0.15, 0.2) is 61.2 Å². The molecule has 0 aliphatic carbocycles. The van der Waals surface area contributed by atoms with Gasteiger partial charge in [-0.1, -0.05) is 32.9 Å². The van der Waals surface area contributed by atoms with Crippen molar-refractivity contribution < 1.29 is 0 Å². The number of rotatable bonds is 6. The van der Waals surface area contributed by atoms with Crippen molar-refractivity contribution in [3.05, 3.63) is 72.4 Å². The zero-order chi connectivity index (χ0) is 26.2. The lowest BCUT2D eigenvalue weighted by Crippen LogP contribution is -2.12. The van der Waals surface area contributed by atoms with E-state index in [1.807, 2.05) is 49.2 Å². The minimum Gasteiger partial charge on any atom is -0.373 e. The number of nitrogens with zero attached hydrogens (tertiary/aromatic N) is 6. The summed E-state index contributed by atoms with van der Waals surface area (Å²) in [7, 11) is 3.78. The average molecular weight is 494 g/mol. The first-order valence-corrected chi connectivity index (χ1v) is 12.2. The van der Waals surface area contributed by atoms with E-state index in [1.54, 1.807) is 12.5 Å². The Morgan fingerprint density at radius 2 is 1.65 bits per heavy atom. The normalized spacial score (nSPS) is 11.5. The molecule has 0 bridgehead atoms. The van der Waals surface area contributed by atoms with E-state index < -0.39 is 0 Å². The second-order valence-corrected chi connectivity index (χ2v) is 9.99. The Hall–Kier alpha value is -4.53. The summed E-state index contributed by atoms with van der Waals surface area (Å²) < 4.78 is 1.86. The molecule has 0 unspecified atom stereocenters. The van der Waals surface area contributed by atoms with Gasteiger partial charge < -0.3 is 16.0 Å². The standard InChI is InChI=1S/C28H31N9/c1-17-9-10-19-18(11-13-31-26(19)34-24-15-22(28(2,3)4)36-37(24)6)25(17)35-27-20(8-7-12-30-27)21-14-23(29-5)33-16-32-21/h7-16H,1-6H3,(H,30,35)(H,31,34)(H,29,32,33). The van der Waals surface area contributed by atoms with Crippen LogP contribution >= 0.6 is 0 Å². The fourth-order valence-corrected chi connectivity index (χ4v) is 4.17. The van der Waals surface area contributed by atoms with Crippen LogP contribution in [0.1, 0.15) is 32.0 Å². The molecule has 1 aromatic carbocycles. The Bertz CT molecular complexity index is 1580. The zero-order valence-electron chi connectivity index (χ0n) is 22.0. The number of hydrogen-bond donors (Lipinski definition) is 3. The molecule has 0 aliphatic heterocycles. The summed E-state index contributed by atoms with van der Waals surface area (Å²) in [5.74, 6) is 3.11. The molecule has 0 saturated carbocycles. The van der Waals surface area contributed by atoms with Gasteiger partial charge in [-0.15, -0.1) is 0 Å². The number of anilines is 5. The third kappa shape index (κ3) is 4.80. The van der Waals surface area contributed by atoms with Crippen LogP contribution in [0.4, 0.5) is 29.0 Å². The zero-order valence-corrected chi connectivity index (χ0v) is 22.0. The van der Waals surface area contributed by atoms with Gasteiger partial charge in [-0.3, -0.25) is 4.68 Å².